The van der Waals surface area contributed by atoms with E-state index in [-0.39, 0.29) is 17.0 Å². The van der Waals surface area contributed by atoms with Gasteiger partial charge in [-0.3, -0.25) is 19.9 Å². The highest BCUT2D eigenvalue weighted by atomic mass is 19.4. The molecule has 3 rings (SSSR count). The first-order chi connectivity index (χ1) is 25.2. The van der Waals surface area contributed by atoms with Crippen LogP contribution in [0.15, 0.2) is 70.9 Å². The van der Waals surface area contributed by atoms with Crippen molar-refractivity contribution in [3.8, 4) is 0 Å². The number of methoxy groups -OCH3 is 1. The van der Waals surface area contributed by atoms with Gasteiger partial charge in [0.1, 0.15) is 18.6 Å². The van der Waals surface area contributed by atoms with Crippen LogP contribution in [0.4, 0.5) is 62.8 Å². The SMILES string of the molecule is CO[C@H](COC(=O)C1C(C)=NC(C)=C(C(=O)OCCCC(F)(F)C(F)(F)C(F)(F)C(F)(F)C(F)(F)C(F)(F)F)C1c1cccc([N+](=O)[O-])c1)c1ccccc1. The molecule has 0 fully saturated rings. The minimum Gasteiger partial charge on any atom is -0.462 e. The average Bonchev–Trinajstić information content (AvgIpc) is 3.09. The normalized spacial score (nSPS) is 18.1. The molecule has 304 valence electrons. The number of nitro benzene ring substituents is 1. The van der Waals surface area contributed by atoms with E-state index in [0.29, 0.717) is 5.56 Å². The Bertz CT molecular complexity index is 1800. The zero-order chi connectivity index (χ0) is 41.9. The standard InChI is InChI=1S/C33H29F13N2O7/c1-17-23(26(49)54-14-8-13-28(34,35)29(36,37)30(38,39)31(40,41)32(42,43)33(44,45)46)25(20-11-7-12-21(15-20)48(51)52)24(18(2)47-17)27(50)55-16-22(53-3)19-9-5-4-6-10-19/h4-7,9-12,15,22,24-25H,8,13-14,16H2,1-3H3/t22-,24?,25?/m1/s1. The van der Waals surface area contributed by atoms with Crippen molar-refractivity contribution in [3.63, 3.8) is 0 Å². The third-order valence-electron chi connectivity index (χ3n) is 8.44. The summed E-state index contributed by atoms with van der Waals surface area (Å²) in [5.74, 6) is -43.5. The van der Waals surface area contributed by atoms with Crippen LogP contribution in [0, 0.1) is 16.0 Å². The molecular formula is C33H29F13N2O7. The highest BCUT2D eigenvalue weighted by Gasteiger charge is 2.90. The Labute approximate surface area is 302 Å². The monoisotopic (exact) mass is 812 g/mol. The molecule has 2 aromatic carbocycles. The van der Waals surface area contributed by atoms with Crippen molar-refractivity contribution in [2.45, 2.75) is 74.5 Å². The van der Waals surface area contributed by atoms with E-state index in [1.807, 2.05) is 0 Å². The number of alkyl halides is 13. The smallest absolute Gasteiger partial charge is 0.460 e. The Kier molecular flexibility index (Phi) is 13.1. The largest absolute Gasteiger partial charge is 0.462 e. The average molecular weight is 813 g/mol. The summed E-state index contributed by atoms with van der Waals surface area (Å²) in [5.41, 5.74) is -0.809. The second kappa shape index (κ2) is 16.1. The Balaban J connectivity index is 1.89. The molecule has 1 aliphatic rings. The molecule has 0 N–H and O–H groups in total. The van der Waals surface area contributed by atoms with Gasteiger partial charge in [-0.2, -0.15) is 57.1 Å². The molecule has 0 spiro atoms. The maximum Gasteiger partial charge on any atom is 0.460 e. The number of carbonyl (C=O) groups excluding carboxylic acids is 2. The molecule has 1 aliphatic heterocycles. The van der Waals surface area contributed by atoms with Gasteiger partial charge in [0.25, 0.3) is 5.69 Å². The number of aliphatic imine (C=N–C) groups is 1. The highest BCUT2D eigenvalue weighted by molar-refractivity contribution is 6.07. The number of rotatable bonds is 16. The zero-order valence-corrected chi connectivity index (χ0v) is 28.4. The maximum atomic E-state index is 14.3. The molecule has 0 aliphatic carbocycles. The van der Waals surface area contributed by atoms with Gasteiger partial charge in [0.15, 0.2) is 0 Å². The molecule has 2 aromatic rings. The minimum absolute atomic E-state index is 0.0000573. The van der Waals surface area contributed by atoms with Crippen molar-refractivity contribution in [1.82, 2.24) is 0 Å². The van der Waals surface area contributed by atoms with Gasteiger partial charge in [-0.1, -0.05) is 42.5 Å². The summed E-state index contributed by atoms with van der Waals surface area (Å²) in [6.45, 7) is 0.716. The molecule has 9 nitrogen and oxygen atoms in total. The van der Waals surface area contributed by atoms with Crippen LogP contribution in [-0.2, 0) is 23.8 Å². The van der Waals surface area contributed by atoms with Gasteiger partial charge in [0.2, 0.25) is 0 Å². The van der Waals surface area contributed by atoms with Crippen molar-refractivity contribution < 1.29 is 85.8 Å². The second-order valence-corrected chi connectivity index (χ2v) is 12.1. The lowest BCUT2D eigenvalue weighted by Crippen LogP contribution is -2.70. The van der Waals surface area contributed by atoms with Crippen LogP contribution in [-0.4, -0.2) is 78.7 Å². The Hall–Kier alpha value is -4.76. The lowest BCUT2D eigenvalue weighted by molar-refractivity contribution is -0.440. The number of esters is 2. The van der Waals surface area contributed by atoms with E-state index in [9.17, 15) is 76.8 Å². The van der Waals surface area contributed by atoms with E-state index < -0.39 is 108 Å². The number of benzene rings is 2. The van der Waals surface area contributed by atoms with Crippen LogP contribution in [0.5, 0.6) is 0 Å². The molecule has 0 saturated heterocycles. The van der Waals surface area contributed by atoms with Crippen LogP contribution >= 0.6 is 0 Å². The second-order valence-electron chi connectivity index (χ2n) is 12.1. The number of halogens is 13. The van der Waals surface area contributed by atoms with E-state index in [1.54, 1.807) is 30.3 Å². The summed E-state index contributed by atoms with van der Waals surface area (Å²) in [6.07, 6.45) is -12.6. The van der Waals surface area contributed by atoms with Crippen molar-refractivity contribution in [2.24, 2.45) is 10.9 Å². The summed E-state index contributed by atoms with van der Waals surface area (Å²) in [4.78, 5) is 41.9. The molecule has 2 unspecified atom stereocenters. The number of nitro groups is 1. The van der Waals surface area contributed by atoms with Crippen LogP contribution in [0.25, 0.3) is 0 Å². The summed E-state index contributed by atoms with van der Waals surface area (Å²) in [5, 5.41) is 11.6. The third-order valence-corrected chi connectivity index (χ3v) is 8.44. The molecule has 0 bridgehead atoms. The summed E-state index contributed by atoms with van der Waals surface area (Å²) >= 11 is 0. The molecule has 0 amide bonds. The molecule has 22 heteroatoms. The fraction of sp³-hybridized carbons (Fsp3) is 0.485. The van der Waals surface area contributed by atoms with Gasteiger partial charge in [-0.05, 0) is 31.4 Å². The molecule has 0 radical (unpaired) electrons. The van der Waals surface area contributed by atoms with Crippen LogP contribution < -0.4 is 0 Å². The maximum absolute atomic E-state index is 14.3. The molecule has 0 aromatic heterocycles. The Morgan fingerprint density at radius 2 is 1.40 bits per heavy atom. The molecule has 55 heavy (non-hydrogen) atoms. The summed E-state index contributed by atoms with van der Waals surface area (Å²) in [7, 11) is 1.31. The van der Waals surface area contributed by atoms with E-state index in [1.165, 1.54) is 33.1 Å². The fourth-order valence-electron chi connectivity index (χ4n) is 5.51. The number of carbonyl (C=O) groups is 2. The van der Waals surface area contributed by atoms with Gasteiger partial charge < -0.3 is 14.2 Å². The van der Waals surface area contributed by atoms with E-state index >= 15 is 0 Å². The van der Waals surface area contributed by atoms with E-state index in [4.69, 9.17) is 14.2 Å². The third kappa shape index (κ3) is 8.57. The lowest BCUT2D eigenvalue weighted by atomic mass is 9.75. The van der Waals surface area contributed by atoms with Gasteiger partial charge in [-0.15, -0.1) is 0 Å². The molecule has 1 heterocycles. The fourth-order valence-corrected chi connectivity index (χ4v) is 5.51. The van der Waals surface area contributed by atoms with Crippen molar-refractivity contribution in [2.75, 3.05) is 20.3 Å². The predicted molar refractivity (Wildman–Crippen MR) is 163 cm³/mol. The summed E-state index contributed by atoms with van der Waals surface area (Å²) < 4.78 is 191. The number of ether oxygens (including phenoxy) is 3. The van der Waals surface area contributed by atoms with E-state index in [0.717, 1.165) is 12.1 Å². The first kappa shape index (κ1) is 44.6. The number of allylic oxidation sites excluding steroid dienone is 1. The zero-order valence-electron chi connectivity index (χ0n) is 28.4. The quantitative estimate of drug-likeness (QED) is 0.0546. The lowest BCUT2D eigenvalue weighted by Gasteiger charge is -2.39. The minimum atomic E-state index is -8.06. The number of nitrogens with zero attached hydrogens (tertiary/aromatic N) is 2. The van der Waals surface area contributed by atoms with Crippen LogP contribution in [0.3, 0.4) is 0 Å². The van der Waals surface area contributed by atoms with Crippen molar-refractivity contribution in [1.29, 1.82) is 0 Å². The van der Waals surface area contributed by atoms with Gasteiger partial charge in [0, 0.05) is 43.0 Å². The Morgan fingerprint density at radius 3 is 1.95 bits per heavy atom. The molecule has 0 saturated carbocycles. The number of hydrogen-bond acceptors (Lipinski definition) is 8. The molecular weight excluding hydrogens is 783 g/mol. The number of non-ortho nitro benzene ring substituents is 1. The highest BCUT2D eigenvalue weighted by Crippen LogP contribution is 2.60. The van der Waals surface area contributed by atoms with Gasteiger partial charge in [-0.25, -0.2) is 4.79 Å². The number of hydrogen-bond donors (Lipinski definition) is 0. The van der Waals surface area contributed by atoms with Crippen LogP contribution in [0.1, 0.15) is 49.8 Å². The molecule has 3 atom stereocenters. The summed E-state index contributed by atoms with van der Waals surface area (Å²) in [6, 6.07) is 12.8. The predicted octanol–water partition coefficient (Wildman–Crippen LogP) is 9.04. The van der Waals surface area contributed by atoms with Crippen molar-refractivity contribution >= 4 is 23.3 Å². The Morgan fingerprint density at radius 1 is 0.818 bits per heavy atom. The topological polar surface area (TPSA) is 117 Å². The van der Waals surface area contributed by atoms with Crippen LogP contribution in [0.2, 0.25) is 0 Å². The van der Waals surface area contributed by atoms with E-state index in [2.05, 4.69) is 4.99 Å². The van der Waals surface area contributed by atoms with Gasteiger partial charge >= 0.3 is 47.7 Å². The van der Waals surface area contributed by atoms with Crippen molar-refractivity contribution in [3.05, 3.63) is 87.1 Å². The van der Waals surface area contributed by atoms with Gasteiger partial charge in [0.05, 0.1) is 17.1 Å². The first-order valence-electron chi connectivity index (χ1n) is 15.6. The first-order valence-corrected chi connectivity index (χ1v) is 15.6.